The van der Waals surface area contributed by atoms with Crippen LogP contribution >= 0.6 is 15.9 Å². The normalized spacial score (nSPS) is 14.6. The van der Waals surface area contributed by atoms with Crippen molar-refractivity contribution in [1.82, 2.24) is 19.4 Å². The Bertz CT molecular complexity index is 1180. The number of nitrogens with zero attached hydrogens (tertiary/aromatic N) is 4. The number of hydrogen-bond acceptors (Lipinski definition) is 3. The second kappa shape index (κ2) is 13.7. The number of carbonyl (C=O) groups is 1. The molecule has 0 aliphatic carbocycles. The summed E-state index contributed by atoms with van der Waals surface area (Å²) in [7, 11) is 0. The predicted molar refractivity (Wildman–Crippen MR) is 162 cm³/mol. The molecule has 1 saturated heterocycles. The number of carbonyl (C=O) groups excluding carboxylic acids is 1. The maximum Gasteiger partial charge on any atom is 0.253 e. The minimum Gasteiger partial charge on any atom is -0.339 e. The number of aromatic nitrogens is 2. The summed E-state index contributed by atoms with van der Waals surface area (Å²) in [5, 5.41) is 5.01. The highest BCUT2D eigenvalue weighted by Crippen LogP contribution is 2.30. The number of aryl methyl sites for hydroxylation is 1. The fraction of sp³-hybridized carbons (Fsp3) is 0.562. The van der Waals surface area contributed by atoms with Crippen molar-refractivity contribution in [1.29, 1.82) is 0 Å². The average molecular weight is 582 g/mol. The molecule has 38 heavy (non-hydrogen) atoms. The topological polar surface area (TPSA) is 40.9 Å². The molecule has 1 aliphatic heterocycles. The van der Waals surface area contributed by atoms with Crippen LogP contribution in [0.4, 0.5) is 0 Å². The first-order valence-electron chi connectivity index (χ1n) is 14.6. The fourth-order valence-corrected chi connectivity index (χ4v) is 5.73. The first-order valence-corrected chi connectivity index (χ1v) is 15.4. The first kappa shape index (κ1) is 28.8. The van der Waals surface area contributed by atoms with E-state index in [0.717, 1.165) is 72.1 Å². The van der Waals surface area contributed by atoms with Crippen LogP contribution in [-0.2, 0) is 6.42 Å². The Labute approximate surface area is 237 Å². The van der Waals surface area contributed by atoms with Gasteiger partial charge in [-0.25, -0.2) is 4.52 Å². The zero-order valence-electron chi connectivity index (χ0n) is 23.8. The molecule has 0 atom stereocenters. The Hall–Kier alpha value is -2.18. The molecule has 1 aromatic carbocycles. The third-order valence-electron chi connectivity index (χ3n) is 7.67. The van der Waals surface area contributed by atoms with Crippen LogP contribution in [0.15, 0.2) is 47.1 Å². The van der Waals surface area contributed by atoms with Crippen molar-refractivity contribution >= 4 is 27.4 Å². The number of amides is 1. The lowest BCUT2D eigenvalue weighted by molar-refractivity contribution is 0.0741. The van der Waals surface area contributed by atoms with Crippen LogP contribution < -0.4 is 0 Å². The monoisotopic (exact) mass is 580 g/mol. The Balaban J connectivity index is 1.64. The van der Waals surface area contributed by atoms with Crippen molar-refractivity contribution in [3.05, 3.63) is 58.2 Å². The third kappa shape index (κ3) is 7.69. The Morgan fingerprint density at radius 3 is 2.37 bits per heavy atom. The molecule has 0 bridgehead atoms. The summed E-state index contributed by atoms with van der Waals surface area (Å²) < 4.78 is 3.02. The van der Waals surface area contributed by atoms with Gasteiger partial charge in [0.25, 0.3) is 5.91 Å². The molecule has 0 saturated carbocycles. The SMILES string of the molecule is CC(C)CCN(CCC(C)C)C(=O)c1ccn2nc(-c3cccc(Br)c3)c(CCCN3CCCCC3)c2c1. The van der Waals surface area contributed by atoms with Gasteiger partial charge in [-0.1, -0.05) is 62.2 Å². The van der Waals surface area contributed by atoms with Crippen LogP contribution in [0.3, 0.4) is 0 Å². The van der Waals surface area contributed by atoms with E-state index in [1.165, 1.54) is 37.9 Å². The number of fused-ring (bicyclic) bond motifs is 1. The van der Waals surface area contributed by atoms with Gasteiger partial charge in [0.15, 0.2) is 0 Å². The van der Waals surface area contributed by atoms with E-state index in [4.69, 9.17) is 5.10 Å². The molecule has 1 aliphatic rings. The molecule has 0 spiro atoms. The number of piperidine rings is 1. The largest absolute Gasteiger partial charge is 0.339 e. The molecule has 0 radical (unpaired) electrons. The van der Waals surface area contributed by atoms with Gasteiger partial charge in [0, 0.05) is 40.4 Å². The minimum absolute atomic E-state index is 0.137. The maximum absolute atomic E-state index is 13.8. The van der Waals surface area contributed by atoms with Gasteiger partial charge in [0.1, 0.15) is 0 Å². The van der Waals surface area contributed by atoms with E-state index in [1.807, 2.05) is 16.8 Å². The zero-order chi connectivity index (χ0) is 27.1. The number of pyridine rings is 1. The van der Waals surface area contributed by atoms with E-state index >= 15 is 0 Å². The number of rotatable bonds is 12. The second-order valence-corrected chi connectivity index (χ2v) is 12.7. The van der Waals surface area contributed by atoms with Crippen molar-refractivity contribution in [3.63, 3.8) is 0 Å². The molecular weight excluding hydrogens is 536 g/mol. The molecule has 1 fully saturated rings. The number of benzene rings is 1. The van der Waals surface area contributed by atoms with Gasteiger partial charge in [-0.3, -0.25) is 4.79 Å². The van der Waals surface area contributed by atoms with Crippen molar-refractivity contribution in [2.45, 2.75) is 72.6 Å². The third-order valence-corrected chi connectivity index (χ3v) is 8.17. The number of halogens is 1. The molecule has 1 amide bonds. The van der Waals surface area contributed by atoms with Crippen molar-refractivity contribution in [3.8, 4) is 11.3 Å². The maximum atomic E-state index is 13.8. The van der Waals surface area contributed by atoms with Crippen LogP contribution in [0, 0.1) is 11.8 Å². The Morgan fingerprint density at radius 2 is 1.71 bits per heavy atom. The van der Waals surface area contributed by atoms with Crippen molar-refractivity contribution in [2.24, 2.45) is 11.8 Å². The zero-order valence-corrected chi connectivity index (χ0v) is 25.3. The summed E-state index contributed by atoms with van der Waals surface area (Å²) >= 11 is 3.64. The quantitative estimate of drug-likeness (QED) is 0.220. The second-order valence-electron chi connectivity index (χ2n) is 11.7. The molecule has 2 aromatic heterocycles. The summed E-state index contributed by atoms with van der Waals surface area (Å²) in [6.45, 7) is 14.1. The smallest absolute Gasteiger partial charge is 0.253 e. The Kier molecular flexibility index (Phi) is 10.4. The summed E-state index contributed by atoms with van der Waals surface area (Å²) in [4.78, 5) is 18.4. The van der Waals surface area contributed by atoms with Gasteiger partial charge in [-0.2, -0.15) is 5.10 Å². The van der Waals surface area contributed by atoms with E-state index in [2.05, 4.69) is 83.8 Å². The molecule has 0 unspecified atom stereocenters. The summed E-state index contributed by atoms with van der Waals surface area (Å²) in [6.07, 6.45) is 10.0. The van der Waals surface area contributed by atoms with E-state index < -0.39 is 0 Å². The number of hydrogen-bond donors (Lipinski definition) is 0. The molecule has 0 N–H and O–H groups in total. The van der Waals surface area contributed by atoms with E-state index in [1.54, 1.807) is 0 Å². The lowest BCUT2D eigenvalue weighted by Gasteiger charge is -2.26. The van der Waals surface area contributed by atoms with Gasteiger partial charge in [0.05, 0.1) is 11.2 Å². The highest BCUT2D eigenvalue weighted by Gasteiger charge is 2.21. The van der Waals surface area contributed by atoms with Gasteiger partial charge >= 0.3 is 0 Å². The molecule has 6 heteroatoms. The van der Waals surface area contributed by atoms with E-state index in [9.17, 15) is 4.79 Å². The molecular formula is C32H45BrN4O. The van der Waals surface area contributed by atoms with Gasteiger partial charge in [-0.05, 0) is 94.3 Å². The van der Waals surface area contributed by atoms with Crippen LogP contribution in [0.1, 0.15) is 82.1 Å². The summed E-state index contributed by atoms with van der Waals surface area (Å²) in [5.41, 5.74) is 5.19. The molecule has 3 heterocycles. The van der Waals surface area contributed by atoms with Gasteiger partial charge in [0.2, 0.25) is 0 Å². The summed E-state index contributed by atoms with van der Waals surface area (Å²) in [6, 6.07) is 12.4. The average Bonchev–Trinajstić information content (AvgIpc) is 3.26. The molecule has 4 rings (SSSR count). The highest BCUT2D eigenvalue weighted by molar-refractivity contribution is 9.10. The molecule has 3 aromatic rings. The fourth-order valence-electron chi connectivity index (χ4n) is 5.33. The van der Waals surface area contributed by atoms with Crippen molar-refractivity contribution in [2.75, 3.05) is 32.7 Å². The standard InChI is InChI=1S/C32H45BrN4O/c1-24(2)13-19-36(20-14-25(3)4)32(38)27-15-21-37-30(23-27)29(12-9-18-35-16-6-5-7-17-35)31(34-37)26-10-8-11-28(33)22-26/h8,10-11,15,21-25H,5-7,9,12-14,16-20H2,1-4H3. The highest BCUT2D eigenvalue weighted by atomic mass is 79.9. The summed E-state index contributed by atoms with van der Waals surface area (Å²) in [5.74, 6) is 1.28. The lowest BCUT2D eigenvalue weighted by atomic mass is 10.0. The van der Waals surface area contributed by atoms with E-state index in [-0.39, 0.29) is 5.91 Å². The van der Waals surface area contributed by atoms with Crippen LogP contribution in [0.5, 0.6) is 0 Å². The van der Waals surface area contributed by atoms with Crippen molar-refractivity contribution < 1.29 is 4.79 Å². The van der Waals surface area contributed by atoms with Crippen LogP contribution in [0.25, 0.3) is 16.8 Å². The first-order chi connectivity index (χ1) is 18.3. The lowest BCUT2D eigenvalue weighted by Crippen LogP contribution is -2.34. The molecule has 5 nitrogen and oxygen atoms in total. The molecule has 206 valence electrons. The van der Waals surface area contributed by atoms with Crippen LogP contribution in [0.2, 0.25) is 0 Å². The predicted octanol–water partition coefficient (Wildman–Crippen LogP) is 7.72. The van der Waals surface area contributed by atoms with Gasteiger partial charge < -0.3 is 9.80 Å². The Morgan fingerprint density at radius 1 is 1.00 bits per heavy atom. The number of likely N-dealkylation sites (tertiary alicyclic amines) is 1. The van der Waals surface area contributed by atoms with E-state index in [0.29, 0.717) is 11.8 Å². The van der Waals surface area contributed by atoms with Crippen LogP contribution in [-0.4, -0.2) is 58.0 Å². The van der Waals surface area contributed by atoms with Gasteiger partial charge in [-0.15, -0.1) is 0 Å². The minimum atomic E-state index is 0.137.